The van der Waals surface area contributed by atoms with Gasteiger partial charge in [-0.3, -0.25) is 4.79 Å². The summed E-state index contributed by atoms with van der Waals surface area (Å²) < 4.78 is 36.0. The van der Waals surface area contributed by atoms with Crippen LogP contribution in [0.25, 0.3) is 0 Å². The zero-order valence-electron chi connectivity index (χ0n) is 8.71. The van der Waals surface area contributed by atoms with Crippen LogP contribution in [-0.4, -0.2) is 25.3 Å². The van der Waals surface area contributed by atoms with Crippen molar-refractivity contribution in [3.8, 4) is 11.5 Å². The van der Waals surface area contributed by atoms with Crippen molar-refractivity contribution in [3.05, 3.63) is 23.3 Å². The van der Waals surface area contributed by atoms with Crippen LogP contribution < -0.4 is 9.47 Å². The number of aliphatic carboxylic acids is 1. The molecule has 0 saturated heterocycles. The highest BCUT2D eigenvalue weighted by Crippen LogP contribution is 2.35. The summed E-state index contributed by atoms with van der Waals surface area (Å²) in [5, 5.41) is 8.59. The Kier molecular flexibility index (Phi) is 3.65. The van der Waals surface area contributed by atoms with Crippen molar-refractivity contribution >= 4 is 5.97 Å². The van der Waals surface area contributed by atoms with Crippen LogP contribution in [0.4, 0.5) is 8.78 Å². The Morgan fingerprint density at radius 2 is 1.81 bits per heavy atom. The number of halogens is 2. The van der Waals surface area contributed by atoms with E-state index < -0.39 is 24.0 Å². The van der Waals surface area contributed by atoms with Gasteiger partial charge in [-0.1, -0.05) is 0 Å². The molecule has 0 fully saturated rings. The van der Waals surface area contributed by atoms with E-state index in [1.54, 1.807) is 0 Å². The number of hydrogen-bond acceptors (Lipinski definition) is 3. The van der Waals surface area contributed by atoms with E-state index in [1.807, 2.05) is 0 Å². The van der Waals surface area contributed by atoms with E-state index in [9.17, 15) is 13.6 Å². The first-order valence-electron chi connectivity index (χ1n) is 4.31. The summed E-state index contributed by atoms with van der Waals surface area (Å²) >= 11 is 0. The van der Waals surface area contributed by atoms with Gasteiger partial charge >= 0.3 is 5.97 Å². The molecular weight excluding hydrogens is 222 g/mol. The average Bonchev–Trinajstić information content (AvgIpc) is 2.20. The van der Waals surface area contributed by atoms with Crippen molar-refractivity contribution in [2.75, 3.05) is 14.2 Å². The van der Waals surface area contributed by atoms with Gasteiger partial charge in [0.25, 0.3) is 0 Å². The highest BCUT2D eigenvalue weighted by Gasteiger charge is 2.21. The number of ether oxygens (including phenoxy) is 2. The minimum absolute atomic E-state index is 0.234. The largest absolute Gasteiger partial charge is 0.492 e. The summed E-state index contributed by atoms with van der Waals surface area (Å²) in [7, 11) is 2.37. The van der Waals surface area contributed by atoms with Crippen LogP contribution in [0.3, 0.4) is 0 Å². The number of methoxy groups -OCH3 is 2. The fourth-order valence-electron chi connectivity index (χ4n) is 1.34. The van der Waals surface area contributed by atoms with E-state index >= 15 is 0 Å². The molecule has 0 saturated carbocycles. The molecule has 0 aliphatic carbocycles. The van der Waals surface area contributed by atoms with Crippen LogP contribution in [0.15, 0.2) is 6.07 Å². The van der Waals surface area contributed by atoms with E-state index in [0.717, 1.165) is 0 Å². The van der Waals surface area contributed by atoms with Crippen LogP contribution in [0.1, 0.15) is 5.56 Å². The number of hydrogen-bond donors (Lipinski definition) is 1. The fraction of sp³-hybridized carbons (Fsp3) is 0.300. The van der Waals surface area contributed by atoms with Gasteiger partial charge in [0.2, 0.25) is 0 Å². The number of carbonyl (C=O) groups is 1. The van der Waals surface area contributed by atoms with Gasteiger partial charge in [-0.15, -0.1) is 0 Å². The Bertz CT molecular complexity index is 418. The summed E-state index contributed by atoms with van der Waals surface area (Å²) in [6, 6.07) is 0.569. The van der Waals surface area contributed by atoms with Gasteiger partial charge in [0.15, 0.2) is 17.3 Å². The lowest BCUT2D eigenvalue weighted by molar-refractivity contribution is -0.136. The van der Waals surface area contributed by atoms with E-state index in [2.05, 4.69) is 4.74 Å². The highest BCUT2D eigenvalue weighted by molar-refractivity contribution is 5.72. The molecule has 0 spiro atoms. The maximum atomic E-state index is 13.3. The summed E-state index contributed by atoms with van der Waals surface area (Å²) in [6.07, 6.45) is -0.606. The topological polar surface area (TPSA) is 55.8 Å². The first kappa shape index (κ1) is 12.2. The highest BCUT2D eigenvalue weighted by atomic mass is 19.1. The first-order chi connectivity index (χ1) is 7.51. The average molecular weight is 232 g/mol. The van der Waals surface area contributed by atoms with Gasteiger partial charge in [0.05, 0.1) is 20.6 Å². The lowest BCUT2D eigenvalue weighted by Crippen LogP contribution is -2.07. The Hall–Kier alpha value is -1.85. The number of carboxylic acid groups (broad SMARTS) is 1. The molecule has 0 heterocycles. The molecule has 6 heteroatoms. The van der Waals surface area contributed by atoms with Crippen LogP contribution in [0.2, 0.25) is 0 Å². The molecule has 0 bridgehead atoms. The molecule has 0 amide bonds. The van der Waals surface area contributed by atoms with Crippen LogP contribution in [0, 0.1) is 11.6 Å². The maximum Gasteiger partial charge on any atom is 0.308 e. The van der Waals surface area contributed by atoms with Gasteiger partial charge in [-0.05, 0) is 0 Å². The van der Waals surface area contributed by atoms with Crippen LogP contribution in [-0.2, 0) is 11.2 Å². The van der Waals surface area contributed by atoms with Crippen molar-refractivity contribution in [1.29, 1.82) is 0 Å². The number of rotatable bonds is 4. The molecule has 1 N–H and O–H groups in total. The van der Waals surface area contributed by atoms with Gasteiger partial charge in [-0.2, -0.15) is 0 Å². The fourth-order valence-corrected chi connectivity index (χ4v) is 1.34. The number of benzene rings is 1. The van der Waals surface area contributed by atoms with Crippen molar-refractivity contribution < 1.29 is 28.2 Å². The third-order valence-corrected chi connectivity index (χ3v) is 1.98. The second kappa shape index (κ2) is 4.78. The molecule has 1 aromatic rings. The Morgan fingerprint density at radius 1 is 1.25 bits per heavy atom. The quantitative estimate of drug-likeness (QED) is 0.856. The zero-order chi connectivity index (χ0) is 12.3. The summed E-state index contributed by atoms with van der Waals surface area (Å²) in [5.41, 5.74) is -0.242. The van der Waals surface area contributed by atoms with E-state index in [1.165, 1.54) is 14.2 Å². The van der Waals surface area contributed by atoms with E-state index in [-0.39, 0.29) is 17.1 Å². The SMILES string of the molecule is COc1c(F)cc(F)c(CC(=O)O)c1OC. The predicted octanol–water partition coefficient (Wildman–Crippen LogP) is 1.61. The molecule has 0 atom stereocenters. The molecule has 4 nitrogen and oxygen atoms in total. The molecule has 0 aliphatic rings. The number of carboxylic acids is 1. The lowest BCUT2D eigenvalue weighted by Gasteiger charge is -2.13. The molecule has 0 aromatic heterocycles. The standard InChI is InChI=1S/C10H10F2O4/c1-15-9-5(3-8(13)14)6(11)4-7(12)10(9)16-2/h4H,3H2,1-2H3,(H,13,14). The van der Waals surface area contributed by atoms with Crippen molar-refractivity contribution in [3.63, 3.8) is 0 Å². The summed E-state index contributed by atoms with van der Waals surface area (Å²) in [6.45, 7) is 0. The molecule has 16 heavy (non-hydrogen) atoms. The molecular formula is C10H10F2O4. The smallest absolute Gasteiger partial charge is 0.308 e. The second-order valence-corrected chi connectivity index (χ2v) is 2.96. The molecule has 1 aromatic carbocycles. The Morgan fingerprint density at radius 3 is 2.25 bits per heavy atom. The minimum atomic E-state index is -1.24. The molecule has 88 valence electrons. The minimum Gasteiger partial charge on any atom is -0.492 e. The van der Waals surface area contributed by atoms with E-state index in [4.69, 9.17) is 9.84 Å². The second-order valence-electron chi connectivity index (χ2n) is 2.96. The van der Waals surface area contributed by atoms with Crippen LogP contribution >= 0.6 is 0 Å². The molecule has 0 aliphatic heterocycles. The van der Waals surface area contributed by atoms with E-state index in [0.29, 0.717) is 6.07 Å². The molecule has 1 rings (SSSR count). The Labute approximate surface area is 90.4 Å². The van der Waals surface area contributed by atoms with Gasteiger partial charge in [-0.25, -0.2) is 8.78 Å². The summed E-state index contributed by atoms with van der Waals surface area (Å²) in [4.78, 5) is 10.5. The first-order valence-corrected chi connectivity index (χ1v) is 4.31. The normalized spacial score (nSPS) is 10.0. The van der Waals surface area contributed by atoms with Crippen molar-refractivity contribution in [2.45, 2.75) is 6.42 Å². The summed E-state index contributed by atoms with van der Waals surface area (Å²) in [5.74, 6) is -3.70. The predicted molar refractivity (Wildman–Crippen MR) is 50.8 cm³/mol. The third-order valence-electron chi connectivity index (χ3n) is 1.98. The van der Waals surface area contributed by atoms with Crippen molar-refractivity contribution in [1.82, 2.24) is 0 Å². The van der Waals surface area contributed by atoms with Crippen molar-refractivity contribution in [2.24, 2.45) is 0 Å². The van der Waals surface area contributed by atoms with Crippen LogP contribution in [0.5, 0.6) is 11.5 Å². The van der Waals surface area contributed by atoms with Gasteiger partial charge < -0.3 is 14.6 Å². The monoisotopic (exact) mass is 232 g/mol. The Balaban J connectivity index is 3.39. The molecule has 0 unspecified atom stereocenters. The lowest BCUT2D eigenvalue weighted by atomic mass is 10.1. The van der Waals surface area contributed by atoms with Gasteiger partial charge in [0.1, 0.15) is 5.82 Å². The molecule has 0 radical (unpaired) electrons. The third kappa shape index (κ3) is 2.21. The van der Waals surface area contributed by atoms with Gasteiger partial charge in [0, 0.05) is 11.6 Å². The maximum absolute atomic E-state index is 13.3. The zero-order valence-corrected chi connectivity index (χ0v) is 8.71.